The van der Waals surface area contributed by atoms with Gasteiger partial charge in [-0.15, -0.1) is 0 Å². The Bertz CT molecular complexity index is 1220. The molecule has 5 heterocycles. The lowest BCUT2D eigenvalue weighted by molar-refractivity contribution is 0.0154. The van der Waals surface area contributed by atoms with Crippen LogP contribution in [-0.2, 0) is 17.2 Å². The molecule has 9 heteroatoms. The molecule has 30 heavy (non-hydrogen) atoms. The van der Waals surface area contributed by atoms with Crippen molar-refractivity contribution in [3.63, 3.8) is 0 Å². The van der Waals surface area contributed by atoms with E-state index in [1.54, 1.807) is 36.0 Å². The van der Waals surface area contributed by atoms with Gasteiger partial charge in [-0.05, 0) is 38.8 Å². The van der Waals surface area contributed by atoms with Crippen LogP contribution >= 0.6 is 0 Å². The summed E-state index contributed by atoms with van der Waals surface area (Å²) in [6, 6.07) is 3.25. The molecule has 1 saturated carbocycles. The third kappa shape index (κ3) is 2.80. The minimum atomic E-state index is -0.491. The number of carbonyl (C=O) groups excluding carboxylic acids is 1. The molecule has 2 bridgehead atoms. The van der Waals surface area contributed by atoms with Crippen molar-refractivity contribution in [2.75, 3.05) is 18.5 Å². The Kier molecular flexibility index (Phi) is 4.01. The molecule has 3 fully saturated rings. The van der Waals surface area contributed by atoms with Gasteiger partial charge in [0.05, 0.1) is 24.5 Å². The molecular formula is C21H23N5O4. The number of rotatable bonds is 5. The van der Waals surface area contributed by atoms with E-state index in [4.69, 9.17) is 14.5 Å². The van der Waals surface area contributed by atoms with Crippen molar-refractivity contribution in [3.05, 3.63) is 52.5 Å². The first-order valence-electron chi connectivity index (χ1n) is 9.96. The van der Waals surface area contributed by atoms with Gasteiger partial charge in [-0.1, -0.05) is 0 Å². The average Bonchev–Trinajstić information content (AvgIpc) is 3.36. The van der Waals surface area contributed by atoms with Crippen LogP contribution in [0.15, 0.2) is 35.5 Å². The largest absolute Gasteiger partial charge is 0.475 e. The summed E-state index contributed by atoms with van der Waals surface area (Å²) in [5.41, 5.74) is 1.39. The molecule has 0 unspecified atom stereocenters. The summed E-state index contributed by atoms with van der Waals surface area (Å²) in [5.74, 6) is -0.204. The number of hydrogen-bond donors (Lipinski definition) is 1. The Balaban J connectivity index is 1.52. The second-order valence-corrected chi connectivity index (χ2v) is 8.39. The lowest BCUT2D eigenvalue weighted by Crippen LogP contribution is -2.45. The first-order valence-corrected chi connectivity index (χ1v) is 9.96. The maximum absolute atomic E-state index is 12.8. The van der Waals surface area contributed by atoms with Crippen LogP contribution in [0.1, 0.15) is 42.9 Å². The lowest BCUT2D eigenvalue weighted by Gasteiger charge is -2.41. The summed E-state index contributed by atoms with van der Waals surface area (Å²) in [6.07, 6.45) is 7.03. The van der Waals surface area contributed by atoms with Crippen molar-refractivity contribution in [3.8, 4) is 5.88 Å². The lowest BCUT2D eigenvalue weighted by atomic mass is 9.62. The number of carbonyl (C=O) groups is 1. The molecular weight excluding hydrogens is 386 g/mol. The Morgan fingerprint density at radius 2 is 2.13 bits per heavy atom. The van der Waals surface area contributed by atoms with Gasteiger partial charge in [-0.25, -0.2) is 9.97 Å². The van der Waals surface area contributed by atoms with E-state index in [2.05, 4.69) is 17.2 Å². The minimum absolute atomic E-state index is 0.0519. The van der Waals surface area contributed by atoms with E-state index in [1.165, 1.54) is 4.57 Å². The van der Waals surface area contributed by atoms with Gasteiger partial charge in [-0.3, -0.25) is 14.0 Å². The van der Waals surface area contributed by atoms with Gasteiger partial charge in [0.1, 0.15) is 11.4 Å². The van der Waals surface area contributed by atoms with Crippen molar-refractivity contribution in [2.24, 2.45) is 7.05 Å². The van der Waals surface area contributed by atoms with E-state index in [1.807, 2.05) is 13.1 Å². The molecule has 3 aromatic heterocycles. The highest BCUT2D eigenvalue weighted by Gasteiger charge is 2.61. The molecule has 0 atom stereocenters. The van der Waals surface area contributed by atoms with Crippen LogP contribution in [0.25, 0.3) is 5.65 Å². The fourth-order valence-electron chi connectivity index (χ4n) is 4.60. The fraction of sp³-hybridized carbons (Fsp3) is 0.429. The van der Waals surface area contributed by atoms with Gasteiger partial charge in [0, 0.05) is 31.1 Å². The number of imidazole rings is 1. The molecule has 1 amide bonds. The Hall–Kier alpha value is -3.20. The number of nitrogens with one attached hydrogen (secondary N) is 1. The molecule has 3 aromatic rings. The van der Waals surface area contributed by atoms with Crippen molar-refractivity contribution < 1.29 is 14.3 Å². The smallest absolute Gasteiger partial charge is 0.276 e. The zero-order chi connectivity index (χ0) is 21.1. The predicted octanol–water partition coefficient (Wildman–Crippen LogP) is 1.90. The first-order chi connectivity index (χ1) is 14.3. The van der Waals surface area contributed by atoms with Crippen molar-refractivity contribution in [1.82, 2.24) is 18.9 Å². The maximum Gasteiger partial charge on any atom is 0.276 e. The highest BCUT2D eigenvalue weighted by atomic mass is 16.5. The molecule has 1 N–H and O–H groups in total. The number of fused-ring (bicyclic) bond motifs is 2. The summed E-state index contributed by atoms with van der Waals surface area (Å²) in [4.78, 5) is 34.2. The second-order valence-electron chi connectivity index (χ2n) is 8.39. The maximum atomic E-state index is 12.8. The second kappa shape index (κ2) is 6.40. The van der Waals surface area contributed by atoms with Gasteiger partial charge >= 0.3 is 0 Å². The number of anilines is 1. The number of aromatic nitrogens is 4. The van der Waals surface area contributed by atoms with Gasteiger partial charge < -0.3 is 19.4 Å². The van der Waals surface area contributed by atoms with E-state index in [0.717, 1.165) is 18.5 Å². The van der Waals surface area contributed by atoms with Gasteiger partial charge in [-0.2, -0.15) is 0 Å². The van der Waals surface area contributed by atoms with Crippen molar-refractivity contribution in [1.29, 1.82) is 0 Å². The Labute approximate surface area is 172 Å². The number of hydrogen-bond acceptors (Lipinski definition) is 6. The van der Waals surface area contributed by atoms with Crippen molar-refractivity contribution in [2.45, 2.75) is 37.7 Å². The normalized spacial score (nSPS) is 24.6. The minimum Gasteiger partial charge on any atom is -0.475 e. The standard InChI is InChI=1S/C21H23N5O4/c1-4-29-18-16-24-15(21-10-20(2,11-21)30-12-21)9-26(16)8-14(23-18)17(27)22-13-6-5-7-25(3)19(13)28/h5-9H,4,10-12H2,1-3H3,(H,22,27). The number of aryl methyl sites for hydroxylation is 1. The number of pyridine rings is 1. The number of nitrogens with zero attached hydrogens (tertiary/aromatic N) is 4. The monoisotopic (exact) mass is 409 g/mol. The molecule has 3 aliphatic rings. The van der Waals surface area contributed by atoms with Gasteiger partial charge in [0.25, 0.3) is 17.3 Å². The predicted molar refractivity (Wildman–Crippen MR) is 109 cm³/mol. The molecule has 156 valence electrons. The topological polar surface area (TPSA) is 99.8 Å². The molecule has 2 aliphatic heterocycles. The summed E-state index contributed by atoms with van der Waals surface area (Å²) >= 11 is 0. The van der Waals surface area contributed by atoms with Crippen LogP contribution in [0.3, 0.4) is 0 Å². The Morgan fingerprint density at radius 3 is 2.83 bits per heavy atom. The van der Waals surface area contributed by atoms with Crippen LogP contribution in [0.5, 0.6) is 5.88 Å². The zero-order valence-corrected chi connectivity index (χ0v) is 17.1. The number of amides is 1. The van der Waals surface area contributed by atoms with Gasteiger partial charge in [0.2, 0.25) is 5.65 Å². The quantitative estimate of drug-likeness (QED) is 0.691. The molecule has 2 saturated heterocycles. The average molecular weight is 409 g/mol. The third-order valence-electron chi connectivity index (χ3n) is 5.96. The molecule has 1 aliphatic carbocycles. The van der Waals surface area contributed by atoms with Crippen LogP contribution in [0, 0.1) is 0 Å². The molecule has 0 aromatic carbocycles. The van der Waals surface area contributed by atoms with E-state index in [9.17, 15) is 9.59 Å². The fourth-order valence-corrected chi connectivity index (χ4v) is 4.60. The summed E-state index contributed by atoms with van der Waals surface area (Å²) in [6.45, 7) is 5.01. The highest BCUT2D eigenvalue weighted by molar-refractivity contribution is 6.02. The molecule has 9 nitrogen and oxygen atoms in total. The Morgan fingerprint density at radius 1 is 1.33 bits per heavy atom. The van der Waals surface area contributed by atoms with Crippen LogP contribution in [0.4, 0.5) is 5.69 Å². The van der Waals surface area contributed by atoms with Crippen LogP contribution < -0.4 is 15.6 Å². The van der Waals surface area contributed by atoms with Crippen molar-refractivity contribution >= 4 is 17.2 Å². The van der Waals surface area contributed by atoms with Crippen LogP contribution in [-0.4, -0.2) is 43.7 Å². The third-order valence-corrected chi connectivity index (χ3v) is 5.96. The van der Waals surface area contributed by atoms with E-state index >= 15 is 0 Å². The van der Waals surface area contributed by atoms with E-state index < -0.39 is 5.91 Å². The first kappa shape index (κ1) is 18.8. The van der Waals surface area contributed by atoms with Crippen LogP contribution in [0.2, 0.25) is 0 Å². The summed E-state index contributed by atoms with van der Waals surface area (Å²) in [5, 5.41) is 2.64. The summed E-state index contributed by atoms with van der Waals surface area (Å²) in [7, 11) is 1.63. The molecule has 0 spiro atoms. The highest BCUT2D eigenvalue weighted by Crippen LogP contribution is 2.58. The SMILES string of the molecule is CCOc1nc(C(=O)Nc2cccn(C)c2=O)cn2cc(C34COC(C)(C3)C4)nc12. The van der Waals surface area contributed by atoms with E-state index in [0.29, 0.717) is 18.9 Å². The molecule has 6 rings (SSSR count). The zero-order valence-electron chi connectivity index (χ0n) is 17.1. The number of ether oxygens (including phenoxy) is 2. The van der Waals surface area contributed by atoms with Gasteiger partial charge in [0.15, 0.2) is 0 Å². The van der Waals surface area contributed by atoms with E-state index in [-0.39, 0.29) is 33.8 Å². The summed E-state index contributed by atoms with van der Waals surface area (Å²) < 4.78 is 14.7. The molecule has 0 radical (unpaired) electrons.